The molecule has 1 amide bonds. The molecule has 1 fully saturated rings. The molecule has 0 aromatic heterocycles. The van der Waals surface area contributed by atoms with Gasteiger partial charge in [0, 0.05) is 33.1 Å². The molecule has 5 nitrogen and oxygen atoms in total. The minimum atomic E-state index is -0.663. The fourth-order valence-corrected chi connectivity index (χ4v) is 4.16. The van der Waals surface area contributed by atoms with Crippen molar-refractivity contribution < 1.29 is 17.2 Å². The van der Waals surface area contributed by atoms with Gasteiger partial charge in [0.2, 0.25) is 0 Å². The number of nitrogens with one attached hydrogen (secondary N) is 1. The molecule has 1 aromatic rings. The van der Waals surface area contributed by atoms with E-state index in [2.05, 4.69) is 23.9 Å². The van der Waals surface area contributed by atoms with Crippen LogP contribution in [0.4, 0.5) is 4.39 Å². The number of nitrogens with zero attached hydrogens (tertiary/aromatic N) is 2. The average Bonchev–Trinajstić information content (AvgIpc) is 2.57. The van der Waals surface area contributed by atoms with E-state index < -0.39 is 5.91 Å². The molecule has 2 aliphatic rings. The third-order valence-corrected chi connectivity index (χ3v) is 5.71. The number of hydrogen-bond donors (Lipinski definition) is 2. The predicted octanol–water partition coefficient (Wildman–Crippen LogP) is 2.92. The number of halogens is 1. The van der Waals surface area contributed by atoms with E-state index in [9.17, 15) is 9.18 Å². The van der Waals surface area contributed by atoms with Gasteiger partial charge in [-0.3, -0.25) is 14.9 Å². The Kier molecular flexibility index (Phi) is 5.71. The largest absolute Gasteiger partial charge is 0.309 e. The van der Waals surface area contributed by atoms with E-state index in [0.29, 0.717) is 18.2 Å². The molecule has 6 heteroatoms. The minimum absolute atomic E-state index is 0. The van der Waals surface area contributed by atoms with Gasteiger partial charge in [-0.25, -0.2) is 9.87 Å². The molecule has 2 N–H and O–H groups in total. The monoisotopic (exact) mass is 353 g/mol. The number of rotatable bonds is 6. The van der Waals surface area contributed by atoms with Crippen LogP contribution in [0.2, 0.25) is 0 Å². The Morgan fingerprint density at radius 1 is 1.44 bits per heavy atom. The Morgan fingerprint density at radius 3 is 2.88 bits per heavy atom. The summed E-state index contributed by atoms with van der Waals surface area (Å²) < 4.78 is 14.5. The van der Waals surface area contributed by atoms with Crippen LogP contribution in [0.1, 0.15) is 50.0 Å². The van der Waals surface area contributed by atoms with E-state index in [1.165, 1.54) is 31.7 Å². The Hall–Kier alpha value is -1.50. The Labute approximate surface area is 151 Å². The molecule has 0 spiro atoms. The highest BCUT2D eigenvalue weighted by Gasteiger charge is 2.36. The summed E-state index contributed by atoms with van der Waals surface area (Å²) in [6.07, 6.45) is 5.69. The summed E-state index contributed by atoms with van der Waals surface area (Å²) >= 11 is 0. The molecule has 0 radical (unpaired) electrons. The second-order valence-electron chi connectivity index (χ2n) is 7.61. The first-order chi connectivity index (χ1) is 12.0. The normalized spacial score (nSPS) is 23.2. The first kappa shape index (κ1) is 18.3. The van der Waals surface area contributed by atoms with E-state index in [0.717, 1.165) is 31.0 Å². The van der Waals surface area contributed by atoms with Crippen molar-refractivity contribution in [2.75, 3.05) is 27.2 Å². The topological polar surface area (TPSA) is 55.8 Å². The molecule has 0 bridgehead atoms. The van der Waals surface area contributed by atoms with Crippen LogP contribution >= 0.6 is 0 Å². The number of hydroxylamine groups is 1. The molecule has 1 saturated carbocycles. The first-order valence-electron chi connectivity index (χ1n) is 9.14. The van der Waals surface area contributed by atoms with Crippen LogP contribution in [0.3, 0.4) is 0 Å². The van der Waals surface area contributed by atoms with Crippen molar-refractivity contribution >= 4 is 5.91 Å². The van der Waals surface area contributed by atoms with Crippen LogP contribution < -0.4 is 5.48 Å². The quantitative estimate of drug-likeness (QED) is 0.610. The fourth-order valence-electron chi connectivity index (χ4n) is 4.16. The van der Waals surface area contributed by atoms with Gasteiger partial charge >= 0.3 is 0 Å². The summed E-state index contributed by atoms with van der Waals surface area (Å²) in [5, 5.41) is 8.74. The third-order valence-electron chi connectivity index (χ3n) is 5.71. The average molecular weight is 353 g/mol. The summed E-state index contributed by atoms with van der Waals surface area (Å²) in [5.41, 5.74) is 3.35. The lowest BCUT2D eigenvalue weighted by Crippen LogP contribution is -2.49. The molecule has 2 atom stereocenters. The van der Waals surface area contributed by atoms with Crippen LogP contribution in [-0.2, 0) is 13.0 Å². The zero-order valence-corrected chi connectivity index (χ0v) is 15.1. The molecule has 1 aliphatic carbocycles. The Balaban J connectivity index is 0.00000182. The van der Waals surface area contributed by atoms with Gasteiger partial charge in [-0.1, -0.05) is 0 Å². The fraction of sp³-hybridized carbons (Fsp3) is 0.632. The maximum Gasteiger partial charge on any atom is 0.274 e. The standard InChI is InChI=1S/C19H28FN3O2.2H2/c1-22(2)8-3-4-13-5-6-18(13)23-9-7-14-10-15(19(24)21-25)11-17(20)16(14)12-23;;/h10-11,13,18,25H,3-9,12H2,1-2H3,(H,21,24);2*1H/t13?,18-;;/m1../s1. The zero-order valence-electron chi connectivity index (χ0n) is 15.1. The first-order valence-corrected chi connectivity index (χ1v) is 9.14. The molecule has 25 heavy (non-hydrogen) atoms. The maximum absolute atomic E-state index is 14.5. The van der Waals surface area contributed by atoms with Gasteiger partial charge in [-0.05, 0) is 76.4 Å². The summed E-state index contributed by atoms with van der Waals surface area (Å²) in [5.74, 6) is -0.280. The number of carbonyl (C=O) groups excluding carboxylic acids is 1. The SMILES string of the molecule is CN(C)CCCC1CC[C@H]1N1CCc2cc(C(=O)NO)cc(F)c2C1.[HH].[HH]. The molecular weight excluding hydrogens is 321 g/mol. The van der Waals surface area contributed by atoms with Gasteiger partial charge in [0.15, 0.2) is 0 Å². The van der Waals surface area contributed by atoms with E-state index in [1.54, 1.807) is 11.5 Å². The summed E-state index contributed by atoms with van der Waals surface area (Å²) in [7, 11) is 4.21. The van der Waals surface area contributed by atoms with Crippen molar-refractivity contribution in [2.24, 2.45) is 5.92 Å². The molecule has 1 aromatic carbocycles. The molecule has 142 valence electrons. The lowest BCUT2D eigenvalue weighted by atomic mass is 9.75. The highest BCUT2D eigenvalue weighted by atomic mass is 19.1. The van der Waals surface area contributed by atoms with Gasteiger partial charge in [0.1, 0.15) is 5.82 Å². The second kappa shape index (κ2) is 7.81. The van der Waals surface area contributed by atoms with Crippen molar-refractivity contribution in [1.29, 1.82) is 0 Å². The molecule has 1 aliphatic heterocycles. The van der Waals surface area contributed by atoms with Gasteiger partial charge in [-0.2, -0.15) is 0 Å². The maximum atomic E-state index is 14.5. The molecule has 1 unspecified atom stereocenters. The van der Waals surface area contributed by atoms with Crippen LogP contribution in [0.15, 0.2) is 12.1 Å². The van der Waals surface area contributed by atoms with Crippen molar-refractivity contribution in [3.05, 3.63) is 34.6 Å². The lowest BCUT2D eigenvalue weighted by Gasteiger charge is -2.46. The Morgan fingerprint density at radius 2 is 2.24 bits per heavy atom. The highest BCUT2D eigenvalue weighted by molar-refractivity contribution is 5.93. The number of amides is 1. The third kappa shape index (κ3) is 4.02. The van der Waals surface area contributed by atoms with Crippen molar-refractivity contribution in [3.63, 3.8) is 0 Å². The Bertz CT molecular complexity index is 646. The molecule has 3 rings (SSSR count). The van der Waals surface area contributed by atoms with E-state index in [4.69, 9.17) is 5.21 Å². The number of carbonyl (C=O) groups is 1. The predicted molar refractivity (Wildman–Crippen MR) is 98.3 cm³/mol. The van der Waals surface area contributed by atoms with E-state index >= 15 is 0 Å². The van der Waals surface area contributed by atoms with Gasteiger partial charge < -0.3 is 4.90 Å². The van der Waals surface area contributed by atoms with Gasteiger partial charge in [-0.15, -0.1) is 0 Å². The van der Waals surface area contributed by atoms with E-state index in [-0.39, 0.29) is 14.2 Å². The van der Waals surface area contributed by atoms with Crippen molar-refractivity contribution in [2.45, 2.75) is 44.7 Å². The van der Waals surface area contributed by atoms with Crippen LogP contribution in [0, 0.1) is 11.7 Å². The number of hydrogen-bond acceptors (Lipinski definition) is 4. The van der Waals surface area contributed by atoms with E-state index in [1.807, 2.05) is 0 Å². The highest BCUT2D eigenvalue weighted by Crippen LogP contribution is 2.38. The van der Waals surface area contributed by atoms with Crippen molar-refractivity contribution in [3.8, 4) is 0 Å². The van der Waals surface area contributed by atoms with Gasteiger partial charge in [0.05, 0.1) is 0 Å². The van der Waals surface area contributed by atoms with Crippen LogP contribution in [0.5, 0.6) is 0 Å². The smallest absolute Gasteiger partial charge is 0.274 e. The molecular formula is C19H32FN3O2. The van der Waals surface area contributed by atoms with Crippen molar-refractivity contribution in [1.82, 2.24) is 15.3 Å². The summed E-state index contributed by atoms with van der Waals surface area (Å²) in [4.78, 5) is 16.2. The minimum Gasteiger partial charge on any atom is -0.309 e. The second-order valence-corrected chi connectivity index (χ2v) is 7.61. The molecule has 1 heterocycles. The number of fused-ring (bicyclic) bond motifs is 1. The van der Waals surface area contributed by atoms with Gasteiger partial charge in [0.25, 0.3) is 5.91 Å². The van der Waals surface area contributed by atoms with Crippen LogP contribution in [-0.4, -0.2) is 54.1 Å². The summed E-state index contributed by atoms with van der Waals surface area (Å²) in [6, 6.07) is 3.50. The lowest BCUT2D eigenvalue weighted by molar-refractivity contribution is 0.0435. The number of benzene rings is 1. The van der Waals surface area contributed by atoms with Crippen LogP contribution in [0.25, 0.3) is 0 Å². The molecule has 0 saturated heterocycles. The summed E-state index contributed by atoms with van der Waals surface area (Å²) in [6.45, 7) is 2.65. The zero-order chi connectivity index (χ0) is 18.0.